The van der Waals surface area contributed by atoms with Crippen LogP contribution in [0.4, 0.5) is 5.95 Å². The SMILES string of the molecule is COc1ccccc1Cc1nc(NCc2cccnc2)nc(C(Cl)(Cl)Cl)n1. The Labute approximate surface area is 171 Å². The van der Waals surface area contributed by atoms with E-state index in [9.17, 15) is 0 Å². The second-order valence-electron chi connectivity index (χ2n) is 5.60. The van der Waals surface area contributed by atoms with Gasteiger partial charge >= 0.3 is 0 Å². The molecule has 0 radical (unpaired) electrons. The highest BCUT2D eigenvalue weighted by atomic mass is 35.6. The van der Waals surface area contributed by atoms with Crippen LogP contribution in [-0.2, 0) is 16.8 Å². The lowest BCUT2D eigenvalue weighted by molar-refractivity contribution is 0.410. The third-order valence-corrected chi connectivity index (χ3v) is 4.16. The normalized spacial score (nSPS) is 11.3. The number of alkyl halides is 3. The van der Waals surface area contributed by atoms with E-state index in [1.54, 1.807) is 19.5 Å². The number of ether oxygens (including phenoxy) is 1. The molecule has 0 aliphatic carbocycles. The number of benzene rings is 1. The topological polar surface area (TPSA) is 72.8 Å². The van der Waals surface area contributed by atoms with Crippen LogP contribution in [0, 0.1) is 0 Å². The van der Waals surface area contributed by atoms with E-state index < -0.39 is 3.79 Å². The van der Waals surface area contributed by atoms with Crippen molar-refractivity contribution in [3.8, 4) is 5.75 Å². The summed E-state index contributed by atoms with van der Waals surface area (Å²) in [6.07, 6.45) is 3.86. The summed E-state index contributed by atoms with van der Waals surface area (Å²) in [5.74, 6) is 1.57. The van der Waals surface area contributed by atoms with Gasteiger partial charge in [-0.15, -0.1) is 0 Å². The number of halogens is 3. The summed E-state index contributed by atoms with van der Waals surface area (Å²) >= 11 is 18.0. The van der Waals surface area contributed by atoms with Crippen molar-refractivity contribution in [1.29, 1.82) is 0 Å². The minimum atomic E-state index is -1.76. The molecule has 0 atom stereocenters. The summed E-state index contributed by atoms with van der Waals surface area (Å²) in [4.78, 5) is 17.1. The first-order valence-corrected chi connectivity index (χ1v) is 9.16. The van der Waals surface area contributed by atoms with Gasteiger partial charge in [0.1, 0.15) is 11.6 Å². The molecule has 2 aromatic heterocycles. The highest BCUT2D eigenvalue weighted by Crippen LogP contribution is 2.36. The molecule has 0 unspecified atom stereocenters. The maximum absolute atomic E-state index is 6.00. The van der Waals surface area contributed by atoms with E-state index in [0.717, 1.165) is 16.9 Å². The Kier molecular flexibility index (Phi) is 6.31. The Balaban J connectivity index is 1.88. The van der Waals surface area contributed by atoms with Crippen molar-refractivity contribution >= 4 is 40.8 Å². The van der Waals surface area contributed by atoms with Crippen LogP contribution >= 0.6 is 34.8 Å². The molecule has 2 heterocycles. The van der Waals surface area contributed by atoms with E-state index in [1.807, 2.05) is 36.4 Å². The highest BCUT2D eigenvalue weighted by molar-refractivity contribution is 6.66. The number of hydrogen-bond acceptors (Lipinski definition) is 6. The first kappa shape index (κ1) is 19.6. The lowest BCUT2D eigenvalue weighted by Crippen LogP contribution is -2.15. The van der Waals surface area contributed by atoms with Crippen molar-refractivity contribution < 1.29 is 4.74 Å². The minimum Gasteiger partial charge on any atom is -0.496 e. The Bertz CT molecular complexity index is 903. The number of rotatable bonds is 6. The van der Waals surface area contributed by atoms with Gasteiger partial charge in [-0.25, -0.2) is 4.98 Å². The number of aromatic nitrogens is 4. The van der Waals surface area contributed by atoms with Gasteiger partial charge in [-0.1, -0.05) is 59.1 Å². The van der Waals surface area contributed by atoms with Crippen LogP contribution in [-0.4, -0.2) is 27.0 Å². The van der Waals surface area contributed by atoms with Gasteiger partial charge < -0.3 is 10.1 Å². The quantitative estimate of drug-likeness (QED) is 0.595. The van der Waals surface area contributed by atoms with Crippen molar-refractivity contribution in [2.75, 3.05) is 12.4 Å². The summed E-state index contributed by atoms with van der Waals surface area (Å²) in [5, 5.41) is 3.12. The predicted molar refractivity (Wildman–Crippen MR) is 106 cm³/mol. The van der Waals surface area contributed by atoms with Gasteiger partial charge in [-0.3, -0.25) is 4.98 Å². The molecule has 0 aliphatic rings. The average molecular weight is 425 g/mol. The third kappa shape index (κ3) is 5.42. The fourth-order valence-electron chi connectivity index (χ4n) is 2.41. The fourth-order valence-corrected chi connectivity index (χ4v) is 2.66. The number of methoxy groups -OCH3 is 1. The summed E-state index contributed by atoms with van der Waals surface area (Å²) in [7, 11) is 1.61. The Hall–Kier alpha value is -2.15. The van der Waals surface area contributed by atoms with Crippen molar-refractivity contribution in [2.45, 2.75) is 16.8 Å². The van der Waals surface area contributed by atoms with E-state index in [2.05, 4.69) is 25.3 Å². The van der Waals surface area contributed by atoms with E-state index in [1.165, 1.54) is 0 Å². The van der Waals surface area contributed by atoms with Gasteiger partial charge in [-0.2, -0.15) is 9.97 Å². The lowest BCUT2D eigenvalue weighted by Gasteiger charge is -2.14. The van der Waals surface area contributed by atoms with Gasteiger partial charge in [0.05, 0.1) is 7.11 Å². The number of nitrogens with zero attached hydrogens (tertiary/aromatic N) is 4. The van der Waals surface area contributed by atoms with Crippen molar-refractivity contribution in [2.24, 2.45) is 0 Å². The molecule has 0 aliphatic heterocycles. The molecule has 0 bridgehead atoms. The van der Waals surface area contributed by atoms with Crippen LogP contribution in [0.15, 0.2) is 48.8 Å². The van der Waals surface area contributed by atoms with Gasteiger partial charge in [0.25, 0.3) is 0 Å². The van der Waals surface area contributed by atoms with Crippen LogP contribution in [0.3, 0.4) is 0 Å². The van der Waals surface area contributed by atoms with Crippen LogP contribution in [0.5, 0.6) is 5.75 Å². The molecule has 1 aromatic carbocycles. The van der Waals surface area contributed by atoms with Gasteiger partial charge in [0, 0.05) is 30.9 Å². The summed E-state index contributed by atoms with van der Waals surface area (Å²) in [5.41, 5.74) is 1.89. The van der Waals surface area contributed by atoms with Crippen molar-refractivity contribution in [3.63, 3.8) is 0 Å². The smallest absolute Gasteiger partial charge is 0.250 e. The van der Waals surface area contributed by atoms with Crippen LogP contribution < -0.4 is 10.1 Å². The molecule has 0 spiro atoms. The van der Waals surface area contributed by atoms with Crippen LogP contribution in [0.2, 0.25) is 0 Å². The highest BCUT2D eigenvalue weighted by Gasteiger charge is 2.28. The third-order valence-electron chi connectivity index (χ3n) is 3.65. The molecular weight excluding hydrogens is 409 g/mol. The predicted octanol–water partition coefficient (Wildman–Crippen LogP) is 4.30. The number of hydrogen-bond donors (Lipinski definition) is 1. The van der Waals surface area contributed by atoms with E-state index in [0.29, 0.717) is 24.7 Å². The molecule has 9 heteroatoms. The van der Waals surface area contributed by atoms with E-state index in [4.69, 9.17) is 39.5 Å². The van der Waals surface area contributed by atoms with E-state index in [-0.39, 0.29) is 5.82 Å². The first-order valence-electron chi connectivity index (χ1n) is 8.02. The van der Waals surface area contributed by atoms with Crippen molar-refractivity contribution in [3.05, 3.63) is 71.6 Å². The zero-order valence-electron chi connectivity index (χ0n) is 14.4. The molecule has 3 aromatic rings. The molecule has 27 heavy (non-hydrogen) atoms. The maximum atomic E-state index is 6.00. The summed E-state index contributed by atoms with van der Waals surface area (Å²) < 4.78 is 3.62. The molecule has 3 rings (SSSR count). The second kappa shape index (κ2) is 8.69. The molecule has 0 fully saturated rings. The molecule has 0 saturated carbocycles. The Morgan fingerprint density at radius 1 is 1.04 bits per heavy atom. The molecule has 1 N–H and O–H groups in total. The minimum absolute atomic E-state index is 0.0566. The molecular formula is C18H16Cl3N5O. The monoisotopic (exact) mass is 423 g/mol. The van der Waals surface area contributed by atoms with Crippen LogP contribution in [0.25, 0.3) is 0 Å². The second-order valence-corrected chi connectivity index (χ2v) is 7.88. The average Bonchev–Trinajstić information content (AvgIpc) is 2.67. The number of anilines is 1. The molecule has 140 valence electrons. The molecule has 6 nitrogen and oxygen atoms in total. The number of nitrogens with one attached hydrogen (secondary N) is 1. The first-order chi connectivity index (χ1) is 13.0. The van der Waals surface area contributed by atoms with E-state index >= 15 is 0 Å². The van der Waals surface area contributed by atoms with Crippen molar-refractivity contribution in [1.82, 2.24) is 19.9 Å². The number of para-hydroxylation sites is 1. The lowest BCUT2D eigenvalue weighted by atomic mass is 10.1. The van der Waals surface area contributed by atoms with Gasteiger partial charge in [0.2, 0.25) is 9.74 Å². The standard InChI is InChI=1S/C18H16Cl3N5O/c1-27-14-7-3-2-6-13(14)9-15-24-16(18(19,20)21)26-17(25-15)23-11-12-5-4-8-22-10-12/h2-8,10H,9,11H2,1H3,(H,23,24,25,26). The Morgan fingerprint density at radius 2 is 1.85 bits per heavy atom. The zero-order chi connectivity index (χ0) is 19.3. The fraction of sp³-hybridized carbons (Fsp3) is 0.222. The molecule has 0 amide bonds. The maximum Gasteiger partial charge on any atom is 0.250 e. The van der Waals surface area contributed by atoms with Crippen LogP contribution in [0.1, 0.15) is 22.8 Å². The van der Waals surface area contributed by atoms with Gasteiger partial charge in [0.15, 0.2) is 5.82 Å². The van der Waals surface area contributed by atoms with Gasteiger partial charge in [-0.05, 0) is 17.7 Å². The largest absolute Gasteiger partial charge is 0.496 e. The molecule has 0 saturated heterocycles. The summed E-state index contributed by atoms with van der Waals surface area (Å²) in [6, 6.07) is 11.4. The zero-order valence-corrected chi connectivity index (χ0v) is 16.6. The summed E-state index contributed by atoms with van der Waals surface area (Å²) in [6.45, 7) is 0.477. The number of pyridine rings is 1. The Morgan fingerprint density at radius 3 is 2.56 bits per heavy atom.